The summed E-state index contributed by atoms with van der Waals surface area (Å²) in [5, 5.41) is 4.93. The van der Waals surface area contributed by atoms with Crippen molar-refractivity contribution in [2.75, 3.05) is 5.32 Å². The third-order valence-electron chi connectivity index (χ3n) is 3.10. The second-order valence-electron chi connectivity index (χ2n) is 4.96. The molecule has 0 fully saturated rings. The number of hydrogen-bond acceptors (Lipinski definition) is 2. The first kappa shape index (κ1) is 19.1. The highest BCUT2D eigenvalue weighted by Crippen LogP contribution is 2.22. The Morgan fingerprint density at radius 1 is 1.00 bits per heavy atom. The largest absolute Gasteiger partial charge is 0.471 e. The van der Waals surface area contributed by atoms with Crippen LogP contribution in [0.5, 0.6) is 0 Å². The van der Waals surface area contributed by atoms with Crippen molar-refractivity contribution < 1.29 is 22.8 Å². The Morgan fingerprint density at radius 2 is 1.64 bits per heavy atom. The molecule has 0 unspecified atom stereocenters. The van der Waals surface area contributed by atoms with Crippen LogP contribution in [-0.4, -0.2) is 18.0 Å². The third kappa shape index (κ3) is 5.37. The Labute approximate surface area is 150 Å². The van der Waals surface area contributed by atoms with Gasteiger partial charge in [-0.3, -0.25) is 9.59 Å². The summed E-state index contributed by atoms with van der Waals surface area (Å²) >= 11 is 11.8. The molecule has 2 rings (SSSR count). The Balaban J connectivity index is 1.99. The van der Waals surface area contributed by atoms with Crippen LogP contribution in [0, 0.1) is 0 Å². The van der Waals surface area contributed by atoms with Crippen LogP contribution >= 0.6 is 23.2 Å². The molecule has 0 bridgehead atoms. The average Bonchev–Trinajstić information content (AvgIpc) is 2.55. The van der Waals surface area contributed by atoms with Crippen molar-refractivity contribution in [3.63, 3.8) is 0 Å². The number of hydrogen-bond donors (Lipinski definition) is 2. The van der Waals surface area contributed by atoms with E-state index in [1.54, 1.807) is 11.4 Å². The van der Waals surface area contributed by atoms with Gasteiger partial charge in [0.1, 0.15) is 0 Å². The third-order valence-corrected chi connectivity index (χ3v) is 3.66. The highest BCUT2D eigenvalue weighted by Gasteiger charge is 2.38. The van der Waals surface area contributed by atoms with Gasteiger partial charge in [0.25, 0.3) is 5.91 Å². The van der Waals surface area contributed by atoms with Crippen LogP contribution in [0.15, 0.2) is 42.5 Å². The van der Waals surface area contributed by atoms with E-state index in [1.807, 2.05) is 0 Å². The van der Waals surface area contributed by atoms with E-state index in [0.29, 0.717) is 16.3 Å². The second-order valence-corrected chi connectivity index (χ2v) is 5.80. The molecule has 2 aromatic carbocycles. The lowest BCUT2D eigenvalue weighted by Crippen LogP contribution is -2.36. The highest BCUT2D eigenvalue weighted by atomic mass is 35.5. The molecule has 0 aliphatic heterocycles. The average molecular weight is 391 g/mol. The van der Waals surface area contributed by atoms with Crippen LogP contribution in [0.2, 0.25) is 10.0 Å². The molecule has 132 valence electrons. The summed E-state index contributed by atoms with van der Waals surface area (Å²) in [6, 6.07) is 10.4. The summed E-state index contributed by atoms with van der Waals surface area (Å²) in [5.41, 5.74) is 1.04. The molecular formula is C16H11Cl2F3N2O2. The first-order chi connectivity index (χ1) is 11.7. The predicted octanol–water partition coefficient (Wildman–Crippen LogP) is 4.42. The summed E-state index contributed by atoms with van der Waals surface area (Å²) in [5.74, 6) is -2.49. The Bertz CT molecular complexity index is 793. The van der Waals surface area contributed by atoms with Gasteiger partial charge >= 0.3 is 12.1 Å². The highest BCUT2D eigenvalue weighted by molar-refractivity contribution is 6.36. The van der Waals surface area contributed by atoms with E-state index >= 15 is 0 Å². The van der Waals surface area contributed by atoms with Crippen molar-refractivity contribution in [1.82, 2.24) is 5.32 Å². The lowest BCUT2D eigenvalue weighted by Gasteiger charge is -2.10. The zero-order valence-corrected chi connectivity index (χ0v) is 14.0. The molecule has 2 aromatic rings. The van der Waals surface area contributed by atoms with Gasteiger partial charge in [-0.05, 0) is 35.9 Å². The van der Waals surface area contributed by atoms with Crippen LogP contribution in [0.4, 0.5) is 18.9 Å². The maximum Gasteiger partial charge on any atom is 0.471 e. The van der Waals surface area contributed by atoms with Gasteiger partial charge < -0.3 is 10.6 Å². The van der Waals surface area contributed by atoms with Crippen molar-refractivity contribution in [3.05, 3.63) is 63.6 Å². The number of alkyl halides is 3. The minimum atomic E-state index is -4.93. The number of carbonyl (C=O) groups excluding carboxylic acids is 2. The SMILES string of the molecule is O=C(Nc1ccc(CNC(=O)C(F)(F)F)cc1)c1cc(Cl)ccc1Cl. The quantitative estimate of drug-likeness (QED) is 0.811. The molecule has 0 saturated carbocycles. The smallest absolute Gasteiger partial charge is 0.344 e. The van der Waals surface area contributed by atoms with Gasteiger partial charge in [0.2, 0.25) is 0 Å². The summed E-state index contributed by atoms with van der Waals surface area (Å²) in [6.45, 7) is -0.285. The molecule has 0 aliphatic rings. The molecule has 0 heterocycles. The summed E-state index contributed by atoms with van der Waals surface area (Å²) in [4.78, 5) is 22.9. The van der Waals surface area contributed by atoms with Gasteiger partial charge in [-0.2, -0.15) is 13.2 Å². The van der Waals surface area contributed by atoms with E-state index in [4.69, 9.17) is 23.2 Å². The van der Waals surface area contributed by atoms with E-state index in [0.717, 1.165) is 0 Å². The standard InChI is InChI=1S/C16H11Cl2F3N2O2/c17-10-3-6-13(18)12(7-10)14(24)23-11-4-1-9(2-5-11)8-22-15(25)16(19,20)21/h1-7H,8H2,(H,22,25)(H,23,24). The second kappa shape index (κ2) is 7.76. The van der Waals surface area contributed by atoms with Crippen molar-refractivity contribution in [2.24, 2.45) is 0 Å². The van der Waals surface area contributed by atoms with E-state index in [2.05, 4.69) is 5.32 Å². The van der Waals surface area contributed by atoms with E-state index in [-0.39, 0.29) is 17.1 Å². The Hall–Kier alpha value is -2.25. The van der Waals surface area contributed by atoms with E-state index in [1.165, 1.54) is 36.4 Å². The Morgan fingerprint density at radius 3 is 2.24 bits per heavy atom. The fourth-order valence-corrected chi connectivity index (χ4v) is 2.23. The molecule has 0 spiro atoms. The van der Waals surface area contributed by atoms with E-state index in [9.17, 15) is 22.8 Å². The first-order valence-corrected chi connectivity index (χ1v) is 7.63. The molecule has 2 N–H and O–H groups in total. The number of nitrogens with one attached hydrogen (secondary N) is 2. The van der Waals surface area contributed by atoms with Gasteiger partial charge in [-0.25, -0.2) is 0 Å². The van der Waals surface area contributed by atoms with Crippen molar-refractivity contribution in [1.29, 1.82) is 0 Å². The van der Waals surface area contributed by atoms with Crippen molar-refractivity contribution >= 4 is 40.7 Å². The predicted molar refractivity (Wildman–Crippen MR) is 88.8 cm³/mol. The molecular weight excluding hydrogens is 380 g/mol. The van der Waals surface area contributed by atoms with Crippen LogP contribution in [-0.2, 0) is 11.3 Å². The number of amides is 2. The minimum absolute atomic E-state index is 0.190. The number of rotatable bonds is 4. The van der Waals surface area contributed by atoms with E-state index < -0.39 is 18.0 Å². The minimum Gasteiger partial charge on any atom is -0.344 e. The van der Waals surface area contributed by atoms with Gasteiger partial charge in [-0.1, -0.05) is 35.3 Å². The molecule has 25 heavy (non-hydrogen) atoms. The van der Waals surface area contributed by atoms with Crippen LogP contribution in [0.25, 0.3) is 0 Å². The zero-order valence-electron chi connectivity index (χ0n) is 12.5. The van der Waals surface area contributed by atoms with Crippen molar-refractivity contribution in [3.8, 4) is 0 Å². The summed E-state index contributed by atoms with van der Waals surface area (Å²) in [6.07, 6.45) is -4.93. The van der Waals surface area contributed by atoms with Gasteiger partial charge in [0.15, 0.2) is 0 Å². The fourth-order valence-electron chi connectivity index (χ4n) is 1.86. The first-order valence-electron chi connectivity index (χ1n) is 6.87. The maximum atomic E-state index is 12.2. The summed E-state index contributed by atoms with van der Waals surface area (Å²) in [7, 11) is 0. The topological polar surface area (TPSA) is 58.2 Å². The number of halogens is 5. The molecule has 0 aromatic heterocycles. The Kier molecular flexibility index (Phi) is 5.92. The molecule has 0 radical (unpaired) electrons. The molecule has 9 heteroatoms. The normalized spacial score (nSPS) is 11.1. The van der Waals surface area contributed by atoms with Crippen LogP contribution < -0.4 is 10.6 Å². The monoisotopic (exact) mass is 390 g/mol. The molecule has 0 aliphatic carbocycles. The van der Waals surface area contributed by atoms with Crippen LogP contribution in [0.1, 0.15) is 15.9 Å². The van der Waals surface area contributed by atoms with Gasteiger partial charge in [0.05, 0.1) is 10.6 Å². The molecule has 4 nitrogen and oxygen atoms in total. The zero-order chi connectivity index (χ0) is 18.6. The maximum absolute atomic E-state index is 12.2. The van der Waals surface area contributed by atoms with Gasteiger partial charge in [0, 0.05) is 17.3 Å². The molecule has 2 amide bonds. The van der Waals surface area contributed by atoms with Gasteiger partial charge in [-0.15, -0.1) is 0 Å². The fraction of sp³-hybridized carbons (Fsp3) is 0.125. The summed E-state index contributed by atoms with van der Waals surface area (Å²) < 4.78 is 36.3. The van der Waals surface area contributed by atoms with Crippen molar-refractivity contribution in [2.45, 2.75) is 12.7 Å². The molecule has 0 atom stereocenters. The lowest BCUT2D eigenvalue weighted by atomic mass is 10.1. The number of carbonyl (C=O) groups is 2. The van der Waals surface area contributed by atoms with Crippen LogP contribution in [0.3, 0.4) is 0 Å². The number of benzene rings is 2. The molecule has 0 saturated heterocycles. The number of anilines is 1. The lowest BCUT2D eigenvalue weighted by molar-refractivity contribution is -0.173.